The lowest BCUT2D eigenvalue weighted by Crippen LogP contribution is -2.50. The lowest BCUT2D eigenvalue weighted by atomic mass is 9.96. The minimum atomic E-state index is 0.748. The third kappa shape index (κ3) is 2.96. The van der Waals surface area contributed by atoms with E-state index in [-0.39, 0.29) is 0 Å². The van der Waals surface area contributed by atoms with Crippen molar-refractivity contribution in [3.8, 4) is 0 Å². The first-order chi connectivity index (χ1) is 7.66. The first kappa shape index (κ1) is 12.3. The van der Waals surface area contributed by atoms with Crippen LogP contribution in [-0.4, -0.2) is 62.2 Å². The molecule has 0 saturated carbocycles. The van der Waals surface area contributed by atoms with Crippen molar-refractivity contribution < 1.29 is 0 Å². The van der Waals surface area contributed by atoms with Gasteiger partial charge in [0.2, 0.25) is 0 Å². The van der Waals surface area contributed by atoms with Gasteiger partial charge in [-0.05, 0) is 52.4 Å². The normalized spacial score (nSPS) is 37.1. The van der Waals surface area contributed by atoms with E-state index in [4.69, 9.17) is 0 Å². The summed E-state index contributed by atoms with van der Waals surface area (Å²) in [6.45, 7) is 7.27. The van der Waals surface area contributed by atoms with Gasteiger partial charge in [0, 0.05) is 25.2 Å². The van der Waals surface area contributed by atoms with E-state index in [0.29, 0.717) is 0 Å². The number of hydrogen-bond donors (Lipinski definition) is 1. The van der Waals surface area contributed by atoms with Gasteiger partial charge in [-0.25, -0.2) is 0 Å². The standard InChI is InChI=1S/C13H27N3/c1-11-7-13(9-14-8-11)16(3)10-12-5-4-6-15(12)2/h11-14H,4-10H2,1-3H3. The molecule has 2 saturated heterocycles. The molecule has 16 heavy (non-hydrogen) atoms. The highest BCUT2D eigenvalue weighted by atomic mass is 15.2. The summed E-state index contributed by atoms with van der Waals surface area (Å²) >= 11 is 0. The Morgan fingerprint density at radius 1 is 1.38 bits per heavy atom. The summed E-state index contributed by atoms with van der Waals surface area (Å²) < 4.78 is 0. The number of hydrogen-bond acceptors (Lipinski definition) is 3. The van der Waals surface area contributed by atoms with Crippen LogP contribution in [0.2, 0.25) is 0 Å². The van der Waals surface area contributed by atoms with Crippen molar-refractivity contribution in [3.63, 3.8) is 0 Å². The molecule has 94 valence electrons. The van der Waals surface area contributed by atoms with Crippen molar-refractivity contribution in [3.05, 3.63) is 0 Å². The Bertz CT molecular complexity index is 219. The van der Waals surface area contributed by atoms with Crippen LogP contribution in [0.4, 0.5) is 0 Å². The van der Waals surface area contributed by atoms with Crippen LogP contribution in [0.25, 0.3) is 0 Å². The number of piperidine rings is 1. The predicted molar refractivity (Wildman–Crippen MR) is 68.7 cm³/mol. The van der Waals surface area contributed by atoms with Crippen LogP contribution in [-0.2, 0) is 0 Å². The average Bonchev–Trinajstić information content (AvgIpc) is 2.64. The molecular weight excluding hydrogens is 198 g/mol. The SMILES string of the molecule is CC1CNCC(N(C)CC2CCCN2C)C1. The Balaban J connectivity index is 1.80. The van der Waals surface area contributed by atoms with E-state index in [2.05, 4.69) is 36.1 Å². The van der Waals surface area contributed by atoms with Crippen molar-refractivity contribution in [2.75, 3.05) is 40.3 Å². The van der Waals surface area contributed by atoms with Crippen molar-refractivity contribution in [1.82, 2.24) is 15.1 Å². The van der Waals surface area contributed by atoms with Gasteiger partial charge in [0.25, 0.3) is 0 Å². The highest BCUT2D eigenvalue weighted by molar-refractivity contribution is 4.85. The zero-order valence-electron chi connectivity index (χ0n) is 11.1. The van der Waals surface area contributed by atoms with Crippen LogP contribution in [0, 0.1) is 5.92 Å². The second-order valence-corrected chi connectivity index (χ2v) is 5.87. The second-order valence-electron chi connectivity index (χ2n) is 5.87. The summed E-state index contributed by atoms with van der Waals surface area (Å²) in [4.78, 5) is 5.10. The third-order valence-corrected chi connectivity index (χ3v) is 4.34. The molecule has 0 spiro atoms. The fraction of sp³-hybridized carbons (Fsp3) is 1.00. The van der Waals surface area contributed by atoms with Crippen LogP contribution in [0.1, 0.15) is 26.2 Å². The van der Waals surface area contributed by atoms with Gasteiger partial charge in [0.15, 0.2) is 0 Å². The topological polar surface area (TPSA) is 18.5 Å². The molecule has 1 N–H and O–H groups in total. The summed E-state index contributed by atoms with van der Waals surface area (Å²) in [6, 6.07) is 1.54. The maximum Gasteiger partial charge on any atom is 0.0221 e. The van der Waals surface area contributed by atoms with E-state index < -0.39 is 0 Å². The summed E-state index contributed by atoms with van der Waals surface area (Å²) in [6.07, 6.45) is 4.13. The fourth-order valence-electron chi connectivity index (χ4n) is 3.15. The zero-order chi connectivity index (χ0) is 11.5. The van der Waals surface area contributed by atoms with Crippen molar-refractivity contribution in [2.24, 2.45) is 5.92 Å². The molecule has 2 heterocycles. The summed E-state index contributed by atoms with van der Waals surface area (Å²) in [7, 11) is 4.57. The lowest BCUT2D eigenvalue weighted by molar-refractivity contribution is 0.140. The quantitative estimate of drug-likeness (QED) is 0.773. The molecule has 3 heteroatoms. The van der Waals surface area contributed by atoms with Gasteiger partial charge >= 0.3 is 0 Å². The second kappa shape index (κ2) is 5.48. The molecule has 0 aromatic heterocycles. The third-order valence-electron chi connectivity index (χ3n) is 4.34. The van der Waals surface area contributed by atoms with Crippen molar-refractivity contribution in [2.45, 2.75) is 38.3 Å². The maximum atomic E-state index is 3.55. The number of rotatable bonds is 3. The number of likely N-dealkylation sites (tertiary alicyclic amines) is 1. The Morgan fingerprint density at radius 3 is 2.81 bits per heavy atom. The molecule has 0 radical (unpaired) electrons. The number of nitrogens with zero attached hydrogens (tertiary/aromatic N) is 2. The molecule has 2 aliphatic heterocycles. The smallest absolute Gasteiger partial charge is 0.0221 e. The monoisotopic (exact) mass is 225 g/mol. The molecule has 2 rings (SSSR count). The molecule has 0 aliphatic carbocycles. The summed E-state index contributed by atoms with van der Waals surface area (Å²) in [5.74, 6) is 0.836. The Kier molecular flexibility index (Phi) is 4.22. The molecule has 3 nitrogen and oxygen atoms in total. The Morgan fingerprint density at radius 2 is 2.19 bits per heavy atom. The molecule has 0 aromatic rings. The molecular formula is C13H27N3. The molecule has 3 atom stereocenters. The largest absolute Gasteiger partial charge is 0.315 e. The van der Waals surface area contributed by atoms with E-state index in [0.717, 1.165) is 18.0 Å². The van der Waals surface area contributed by atoms with Crippen molar-refractivity contribution in [1.29, 1.82) is 0 Å². The molecule has 2 fully saturated rings. The van der Waals surface area contributed by atoms with Crippen LogP contribution in [0.15, 0.2) is 0 Å². The van der Waals surface area contributed by atoms with Gasteiger partial charge in [0.1, 0.15) is 0 Å². The molecule has 3 unspecified atom stereocenters. The molecule has 0 aromatic carbocycles. The van der Waals surface area contributed by atoms with Crippen molar-refractivity contribution >= 4 is 0 Å². The van der Waals surface area contributed by atoms with Gasteiger partial charge in [-0.15, -0.1) is 0 Å². The number of likely N-dealkylation sites (N-methyl/N-ethyl adjacent to an activating group) is 2. The Labute approximate surface area is 100 Å². The van der Waals surface area contributed by atoms with Crippen LogP contribution in [0.3, 0.4) is 0 Å². The van der Waals surface area contributed by atoms with E-state index in [1.165, 1.54) is 45.4 Å². The van der Waals surface area contributed by atoms with Gasteiger partial charge in [0.05, 0.1) is 0 Å². The predicted octanol–water partition coefficient (Wildman–Crippen LogP) is 1.01. The van der Waals surface area contributed by atoms with E-state index in [1.54, 1.807) is 0 Å². The number of nitrogens with one attached hydrogen (secondary N) is 1. The van der Waals surface area contributed by atoms with Gasteiger partial charge in [-0.2, -0.15) is 0 Å². The van der Waals surface area contributed by atoms with Gasteiger partial charge < -0.3 is 15.1 Å². The minimum Gasteiger partial charge on any atom is -0.315 e. The molecule has 0 amide bonds. The van der Waals surface area contributed by atoms with Crippen LogP contribution >= 0.6 is 0 Å². The first-order valence-electron chi connectivity index (χ1n) is 6.78. The lowest BCUT2D eigenvalue weighted by Gasteiger charge is -2.37. The van der Waals surface area contributed by atoms with E-state index in [1.807, 2.05) is 0 Å². The fourth-order valence-corrected chi connectivity index (χ4v) is 3.15. The van der Waals surface area contributed by atoms with Crippen LogP contribution in [0.5, 0.6) is 0 Å². The first-order valence-corrected chi connectivity index (χ1v) is 6.78. The highest BCUT2D eigenvalue weighted by Crippen LogP contribution is 2.19. The van der Waals surface area contributed by atoms with Crippen LogP contribution < -0.4 is 5.32 Å². The average molecular weight is 225 g/mol. The zero-order valence-corrected chi connectivity index (χ0v) is 11.1. The maximum absolute atomic E-state index is 3.55. The van der Waals surface area contributed by atoms with E-state index in [9.17, 15) is 0 Å². The molecule has 2 aliphatic rings. The molecule has 0 bridgehead atoms. The summed E-state index contributed by atoms with van der Waals surface area (Å²) in [5.41, 5.74) is 0. The minimum absolute atomic E-state index is 0.748. The summed E-state index contributed by atoms with van der Waals surface area (Å²) in [5, 5.41) is 3.55. The van der Waals surface area contributed by atoms with Gasteiger partial charge in [-0.1, -0.05) is 6.92 Å². The van der Waals surface area contributed by atoms with Gasteiger partial charge in [-0.3, -0.25) is 0 Å². The highest BCUT2D eigenvalue weighted by Gasteiger charge is 2.27. The van der Waals surface area contributed by atoms with E-state index >= 15 is 0 Å². The Hall–Kier alpha value is -0.120.